The highest BCUT2D eigenvalue weighted by Gasteiger charge is 2.29. The molecule has 3 rings (SSSR count). The summed E-state index contributed by atoms with van der Waals surface area (Å²) < 4.78 is 27.8. The van der Waals surface area contributed by atoms with Crippen molar-refractivity contribution >= 4 is 33.2 Å². The molecule has 0 heterocycles. The van der Waals surface area contributed by atoms with Crippen LogP contribution in [0.2, 0.25) is 5.02 Å². The predicted octanol–water partition coefficient (Wildman–Crippen LogP) is 4.72. The molecule has 1 unspecified atom stereocenters. The highest BCUT2D eigenvalue weighted by molar-refractivity contribution is 7.92. The van der Waals surface area contributed by atoms with Crippen LogP contribution in [0.3, 0.4) is 0 Å². The van der Waals surface area contributed by atoms with Gasteiger partial charge < -0.3 is 5.32 Å². The Morgan fingerprint density at radius 3 is 2.20 bits per heavy atom. The summed E-state index contributed by atoms with van der Waals surface area (Å²) in [7, 11) is -4.00. The van der Waals surface area contributed by atoms with E-state index in [0.29, 0.717) is 0 Å². The number of nitrogens with zero attached hydrogens (tertiary/aromatic N) is 1. The summed E-state index contributed by atoms with van der Waals surface area (Å²) in [4.78, 5) is 12.9. The van der Waals surface area contributed by atoms with Gasteiger partial charge in [0.25, 0.3) is 10.0 Å². The molecule has 0 aliphatic carbocycles. The second kappa shape index (κ2) is 9.32. The summed E-state index contributed by atoms with van der Waals surface area (Å²) in [6.45, 7) is 3.33. The monoisotopic (exact) mass is 442 g/mol. The number of aryl methyl sites for hydroxylation is 1. The van der Waals surface area contributed by atoms with Gasteiger partial charge in [-0.1, -0.05) is 71.8 Å². The number of nitrogens with one attached hydrogen (secondary N) is 1. The number of carbonyl (C=O) groups is 1. The van der Waals surface area contributed by atoms with Gasteiger partial charge in [-0.3, -0.25) is 9.10 Å². The number of amides is 1. The van der Waals surface area contributed by atoms with Gasteiger partial charge in [-0.15, -0.1) is 0 Å². The van der Waals surface area contributed by atoms with Crippen molar-refractivity contribution in [3.05, 3.63) is 95.0 Å². The number of carbonyl (C=O) groups excluding carboxylic acids is 1. The number of halogens is 1. The Labute approximate surface area is 182 Å². The van der Waals surface area contributed by atoms with E-state index in [4.69, 9.17) is 11.6 Å². The van der Waals surface area contributed by atoms with Crippen LogP contribution in [0.15, 0.2) is 83.8 Å². The summed E-state index contributed by atoms with van der Waals surface area (Å²) in [5, 5.41) is 3.11. The molecule has 3 aromatic carbocycles. The van der Waals surface area contributed by atoms with Crippen molar-refractivity contribution in [1.29, 1.82) is 0 Å². The Hall–Kier alpha value is -2.83. The molecule has 1 atom stereocenters. The Bertz CT molecular complexity index is 1120. The lowest BCUT2D eigenvalue weighted by molar-refractivity contribution is -0.120. The first kappa shape index (κ1) is 21.9. The van der Waals surface area contributed by atoms with Crippen molar-refractivity contribution in [2.24, 2.45) is 0 Å². The zero-order valence-corrected chi connectivity index (χ0v) is 18.3. The summed E-state index contributed by atoms with van der Waals surface area (Å²) >= 11 is 6.28. The van der Waals surface area contributed by atoms with Crippen LogP contribution in [0.4, 0.5) is 5.69 Å². The maximum atomic E-state index is 13.4. The molecule has 7 heteroatoms. The molecule has 0 aliphatic rings. The third-order valence-corrected chi connectivity index (χ3v) is 6.79. The summed E-state index contributed by atoms with van der Waals surface area (Å²) in [5.74, 6) is -0.429. The van der Waals surface area contributed by atoms with Gasteiger partial charge in [0.05, 0.1) is 21.6 Å². The minimum atomic E-state index is -4.00. The average Bonchev–Trinajstić information content (AvgIpc) is 2.73. The lowest BCUT2D eigenvalue weighted by Crippen LogP contribution is -2.41. The minimum Gasteiger partial charge on any atom is -0.348 e. The van der Waals surface area contributed by atoms with Gasteiger partial charge in [-0.25, -0.2) is 8.42 Å². The Kier molecular flexibility index (Phi) is 6.80. The molecule has 156 valence electrons. The maximum absolute atomic E-state index is 13.4. The first-order chi connectivity index (χ1) is 14.3. The van der Waals surface area contributed by atoms with Crippen molar-refractivity contribution in [3.8, 4) is 0 Å². The fourth-order valence-corrected chi connectivity index (χ4v) is 4.76. The van der Waals surface area contributed by atoms with Crippen LogP contribution in [-0.2, 0) is 14.8 Å². The molecule has 0 radical (unpaired) electrons. The first-order valence-electron chi connectivity index (χ1n) is 9.47. The smallest absolute Gasteiger partial charge is 0.264 e. The Balaban J connectivity index is 1.91. The zero-order valence-electron chi connectivity index (χ0n) is 16.7. The van der Waals surface area contributed by atoms with Crippen LogP contribution in [0.5, 0.6) is 0 Å². The molecule has 0 saturated carbocycles. The molecule has 0 aliphatic heterocycles. The van der Waals surface area contributed by atoms with E-state index < -0.39 is 22.5 Å². The van der Waals surface area contributed by atoms with Crippen molar-refractivity contribution < 1.29 is 13.2 Å². The zero-order chi connectivity index (χ0) is 21.7. The molecule has 1 N–H and O–H groups in total. The number of hydrogen-bond donors (Lipinski definition) is 1. The molecule has 5 nitrogen and oxygen atoms in total. The number of anilines is 1. The molecule has 1 amide bonds. The van der Waals surface area contributed by atoms with Crippen LogP contribution in [-0.4, -0.2) is 20.9 Å². The lowest BCUT2D eigenvalue weighted by atomic mass is 10.1. The third kappa shape index (κ3) is 5.01. The molecule has 0 fully saturated rings. The number of benzene rings is 3. The van der Waals surface area contributed by atoms with Gasteiger partial charge in [0.1, 0.15) is 6.54 Å². The first-order valence-corrected chi connectivity index (χ1v) is 11.3. The number of hydrogen-bond acceptors (Lipinski definition) is 3. The second-order valence-corrected chi connectivity index (χ2v) is 9.25. The Morgan fingerprint density at radius 1 is 0.967 bits per heavy atom. The van der Waals surface area contributed by atoms with E-state index in [2.05, 4.69) is 5.32 Å². The van der Waals surface area contributed by atoms with Gasteiger partial charge in [0.2, 0.25) is 5.91 Å². The van der Waals surface area contributed by atoms with Crippen LogP contribution in [0, 0.1) is 6.92 Å². The standard InChI is InChI=1S/C23H23ClN2O3S/c1-17-12-14-20(15-13-17)30(28,29)26(22-11-7-6-10-21(22)24)16-23(27)25-18(2)19-8-4-3-5-9-19/h3-15,18H,16H2,1-2H3,(H,25,27). The third-order valence-electron chi connectivity index (χ3n) is 4.69. The van der Waals surface area contributed by atoms with E-state index in [9.17, 15) is 13.2 Å². The number of rotatable bonds is 7. The average molecular weight is 443 g/mol. The number of sulfonamides is 1. The molecule has 3 aromatic rings. The van der Waals surface area contributed by atoms with E-state index in [1.54, 1.807) is 36.4 Å². The highest BCUT2D eigenvalue weighted by Crippen LogP contribution is 2.30. The van der Waals surface area contributed by atoms with Crippen molar-refractivity contribution in [2.75, 3.05) is 10.8 Å². The van der Waals surface area contributed by atoms with E-state index in [1.165, 1.54) is 12.1 Å². The molecular formula is C23H23ClN2O3S. The van der Waals surface area contributed by atoms with Crippen LogP contribution in [0.25, 0.3) is 0 Å². The minimum absolute atomic E-state index is 0.0944. The molecule has 0 bridgehead atoms. The normalized spacial score (nSPS) is 12.2. The van der Waals surface area contributed by atoms with Crippen molar-refractivity contribution in [3.63, 3.8) is 0 Å². The van der Waals surface area contributed by atoms with Gasteiger partial charge >= 0.3 is 0 Å². The van der Waals surface area contributed by atoms with Gasteiger partial charge in [0.15, 0.2) is 0 Å². The van der Waals surface area contributed by atoms with E-state index >= 15 is 0 Å². The van der Waals surface area contributed by atoms with E-state index in [1.807, 2.05) is 44.2 Å². The molecule has 0 saturated heterocycles. The topological polar surface area (TPSA) is 66.5 Å². The molecule has 30 heavy (non-hydrogen) atoms. The lowest BCUT2D eigenvalue weighted by Gasteiger charge is -2.26. The van der Waals surface area contributed by atoms with Crippen LogP contribution >= 0.6 is 11.6 Å². The van der Waals surface area contributed by atoms with E-state index in [-0.39, 0.29) is 21.6 Å². The van der Waals surface area contributed by atoms with Gasteiger partial charge in [-0.2, -0.15) is 0 Å². The Morgan fingerprint density at radius 2 is 1.57 bits per heavy atom. The fraction of sp³-hybridized carbons (Fsp3) is 0.174. The summed E-state index contributed by atoms with van der Waals surface area (Å²) in [6, 6.07) is 22.3. The van der Waals surface area contributed by atoms with Crippen LogP contribution in [0.1, 0.15) is 24.1 Å². The van der Waals surface area contributed by atoms with Gasteiger partial charge in [-0.05, 0) is 43.7 Å². The van der Waals surface area contributed by atoms with Gasteiger partial charge in [0, 0.05) is 0 Å². The largest absolute Gasteiger partial charge is 0.348 e. The summed E-state index contributed by atoms with van der Waals surface area (Å²) in [6.07, 6.45) is 0. The van der Waals surface area contributed by atoms with Crippen LogP contribution < -0.4 is 9.62 Å². The quantitative estimate of drug-likeness (QED) is 0.575. The fourth-order valence-electron chi connectivity index (χ4n) is 3.03. The van der Waals surface area contributed by atoms with Crippen molar-refractivity contribution in [2.45, 2.75) is 24.8 Å². The number of para-hydroxylation sites is 1. The highest BCUT2D eigenvalue weighted by atomic mass is 35.5. The maximum Gasteiger partial charge on any atom is 0.264 e. The van der Waals surface area contributed by atoms with Crippen molar-refractivity contribution in [1.82, 2.24) is 5.32 Å². The summed E-state index contributed by atoms with van der Waals surface area (Å²) in [5.41, 5.74) is 2.12. The molecule has 0 aromatic heterocycles. The SMILES string of the molecule is Cc1ccc(S(=O)(=O)N(CC(=O)NC(C)c2ccccc2)c2ccccc2Cl)cc1. The second-order valence-electron chi connectivity index (χ2n) is 6.98. The van der Waals surface area contributed by atoms with E-state index in [0.717, 1.165) is 15.4 Å². The predicted molar refractivity (Wildman–Crippen MR) is 120 cm³/mol. The molecule has 0 spiro atoms. The molecular weight excluding hydrogens is 420 g/mol.